The highest BCUT2D eigenvalue weighted by Gasteiger charge is 2.29. The van der Waals surface area contributed by atoms with Crippen molar-refractivity contribution >= 4 is 17.7 Å². The minimum absolute atomic E-state index is 0.0318. The van der Waals surface area contributed by atoms with E-state index in [0.29, 0.717) is 32.5 Å². The first-order valence-corrected chi connectivity index (χ1v) is 7.39. The second kappa shape index (κ2) is 6.61. The molecule has 1 aromatic carbocycles. The van der Waals surface area contributed by atoms with Crippen molar-refractivity contribution in [3.63, 3.8) is 0 Å². The molecule has 0 aromatic heterocycles. The number of rotatable bonds is 3. The van der Waals surface area contributed by atoms with Crippen LogP contribution in [0.4, 0.5) is 10.5 Å². The predicted octanol–water partition coefficient (Wildman–Crippen LogP) is 2.74. The highest BCUT2D eigenvalue weighted by molar-refractivity contribution is 5.92. The fraction of sp³-hybridized carbons (Fsp3) is 0.500. The van der Waals surface area contributed by atoms with E-state index in [0.717, 1.165) is 11.3 Å². The molecule has 0 bridgehead atoms. The largest absolute Gasteiger partial charge is 0.481 e. The van der Waals surface area contributed by atoms with Gasteiger partial charge < -0.3 is 10.0 Å². The Morgan fingerprint density at radius 3 is 2.43 bits per heavy atom. The minimum atomic E-state index is -0.756. The zero-order valence-electron chi connectivity index (χ0n) is 12.6. The van der Waals surface area contributed by atoms with Gasteiger partial charge >= 0.3 is 12.0 Å². The van der Waals surface area contributed by atoms with Crippen LogP contribution in [0.3, 0.4) is 0 Å². The van der Waals surface area contributed by atoms with Gasteiger partial charge in [-0.1, -0.05) is 18.2 Å². The van der Waals surface area contributed by atoms with Crippen LogP contribution in [0.5, 0.6) is 0 Å². The number of carbonyl (C=O) groups is 2. The number of aliphatic carboxylic acids is 1. The summed E-state index contributed by atoms with van der Waals surface area (Å²) < 4.78 is 0. The first-order chi connectivity index (χ1) is 10.0. The number of para-hydroxylation sites is 1. The van der Waals surface area contributed by atoms with Crippen LogP contribution in [0, 0.1) is 12.8 Å². The summed E-state index contributed by atoms with van der Waals surface area (Å²) >= 11 is 0. The van der Waals surface area contributed by atoms with E-state index in [1.165, 1.54) is 0 Å². The molecule has 0 spiro atoms. The highest BCUT2D eigenvalue weighted by Crippen LogP contribution is 2.23. The van der Waals surface area contributed by atoms with Gasteiger partial charge in [-0.3, -0.25) is 9.69 Å². The van der Waals surface area contributed by atoms with Crippen LogP contribution in [-0.2, 0) is 4.79 Å². The normalized spacial score (nSPS) is 15.8. The van der Waals surface area contributed by atoms with Crippen molar-refractivity contribution in [3.8, 4) is 0 Å². The van der Waals surface area contributed by atoms with Crippen molar-refractivity contribution in [2.75, 3.05) is 24.5 Å². The number of carboxylic acid groups (broad SMARTS) is 1. The molecule has 1 heterocycles. The molecule has 0 atom stereocenters. The molecule has 21 heavy (non-hydrogen) atoms. The maximum Gasteiger partial charge on any atom is 0.324 e. The summed E-state index contributed by atoms with van der Waals surface area (Å²) in [5.41, 5.74) is 1.98. The van der Waals surface area contributed by atoms with E-state index in [4.69, 9.17) is 5.11 Å². The summed E-state index contributed by atoms with van der Waals surface area (Å²) in [6.07, 6.45) is 1.07. The summed E-state index contributed by atoms with van der Waals surface area (Å²) in [6, 6.07) is 7.78. The van der Waals surface area contributed by atoms with Crippen molar-refractivity contribution in [2.45, 2.75) is 26.7 Å². The fourth-order valence-corrected chi connectivity index (χ4v) is 2.76. The average molecular weight is 290 g/mol. The molecule has 0 saturated carbocycles. The van der Waals surface area contributed by atoms with Gasteiger partial charge in [-0.15, -0.1) is 0 Å². The lowest BCUT2D eigenvalue weighted by molar-refractivity contribution is -0.143. The number of aryl methyl sites for hydroxylation is 1. The molecule has 0 unspecified atom stereocenters. The van der Waals surface area contributed by atoms with Crippen molar-refractivity contribution in [1.29, 1.82) is 0 Å². The molecule has 0 radical (unpaired) electrons. The van der Waals surface area contributed by atoms with Crippen molar-refractivity contribution in [1.82, 2.24) is 4.90 Å². The molecule has 0 aliphatic carbocycles. The molecule has 2 amide bonds. The molecular formula is C16H22N2O3. The van der Waals surface area contributed by atoms with Gasteiger partial charge in [0.2, 0.25) is 0 Å². The van der Waals surface area contributed by atoms with E-state index in [1.54, 1.807) is 9.80 Å². The van der Waals surface area contributed by atoms with E-state index in [-0.39, 0.29) is 11.9 Å². The van der Waals surface area contributed by atoms with E-state index >= 15 is 0 Å². The fourth-order valence-electron chi connectivity index (χ4n) is 2.76. The number of benzene rings is 1. The summed E-state index contributed by atoms with van der Waals surface area (Å²) in [7, 11) is 0. The van der Waals surface area contributed by atoms with Crippen LogP contribution in [0.1, 0.15) is 25.3 Å². The van der Waals surface area contributed by atoms with Crippen LogP contribution >= 0.6 is 0 Å². The molecule has 5 heteroatoms. The zero-order chi connectivity index (χ0) is 15.4. The number of piperidine rings is 1. The number of urea groups is 1. The van der Waals surface area contributed by atoms with Crippen molar-refractivity contribution in [2.24, 2.45) is 5.92 Å². The minimum Gasteiger partial charge on any atom is -0.481 e. The first-order valence-electron chi connectivity index (χ1n) is 7.39. The standard InChI is InChI=1S/C16H22N2O3/c1-3-18(14-7-5-4-6-12(14)2)16(21)17-10-8-13(9-11-17)15(19)20/h4-7,13H,3,8-11H2,1-2H3,(H,19,20). The third kappa shape index (κ3) is 3.35. The van der Waals surface area contributed by atoms with Gasteiger partial charge in [0.25, 0.3) is 0 Å². The van der Waals surface area contributed by atoms with Gasteiger partial charge in [0, 0.05) is 25.3 Å². The van der Waals surface area contributed by atoms with Gasteiger partial charge in [0.05, 0.1) is 5.92 Å². The summed E-state index contributed by atoms with van der Waals surface area (Å²) in [5.74, 6) is -1.07. The zero-order valence-corrected chi connectivity index (χ0v) is 12.6. The van der Waals surface area contributed by atoms with E-state index in [9.17, 15) is 9.59 Å². The van der Waals surface area contributed by atoms with Gasteiger partial charge in [0.1, 0.15) is 0 Å². The van der Waals surface area contributed by atoms with Crippen LogP contribution in [0.15, 0.2) is 24.3 Å². The Morgan fingerprint density at radius 2 is 1.90 bits per heavy atom. The van der Waals surface area contributed by atoms with Gasteiger partial charge in [-0.2, -0.15) is 0 Å². The number of hydrogen-bond acceptors (Lipinski definition) is 2. The first kappa shape index (κ1) is 15.4. The second-order valence-corrected chi connectivity index (χ2v) is 5.41. The molecule has 1 aliphatic heterocycles. The Kier molecular flexibility index (Phi) is 4.83. The maximum absolute atomic E-state index is 12.7. The lowest BCUT2D eigenvalue weighted by Crippen LogP contribution is -2.47. The molecular weight excluding hydrogens is 268 g/mol. The SMILES string of the molecule is CCN(C(=O)N1CCC(C(=O)O)CC1)c1ccccc1C. The molecule has 1 N–H and O–H groups in total. The number of carbonyl (C=O) groups excluding carboxylic acids is 1. The summed E-state index contributed by atoms with van der Waals surface area (Å²) in [4.78, 5) is 27.2. The molecule has 5 nitrogen and oxygen atoms in total. The monoisotopic (exact) mass is 290 g/mol. The van der Waals surface area contributed by atoms with Crippen molar-refractivity contribution in [3.05, 3.63) is 29.8 Å². The van der Waals surface area contributed by atoms with Crippen LogP contribution in [0.25, 0.3) is 0 Å². The van der Waals surface area contributed by atoms with E-state index in [2.05, 4.69) is 0 Å². The van der Waals surface area contributed by atoms with E-state index in [1.807, 2.05) is 38.1 Å². The van der Waals surface area contributed by atoms with Gasteiger partial charge in [-0.05, 0) is 38.3 Å². The number of carboxylic acids is 1. The Bertz CT molecular complexity index is 522. The number of hydrogen-bond donors (Lipinski definition) is 1. The predicted molar refractivity (Wildman–Crippen MR) is 81.5 cm³/mol. The van der Waals surface area contributed by atoms with Crippen LogP contribution in [-0.4, -0.2) is 41.6 Å². The Balaban J connectivity index is 2.08. The molecule has 1 aliphatic rings. The Hall–Kier alpha value is -2.04. The molecule has 1 aromatic rings. The van der Waals surface area contributed by atoms with Gasteiger partial charge in [-0.25, -0.2) is 4.79 Å². The quantitative estimate of drug-likeness (QED) is 0.931. The summed E-state index contributed by atoms with van der Waals surface area (Å²) in [6.45, 7) is 5.56. The topological polar surface area (TPSA) is 60.9 Å². The molecule has 2 rings (SSSR count). The van der Waals surface area contributed by atoms with Crippen LogP contribution < -0.4 is 4.90 Å². The molecule has 1 saturated heterocycles. The third-order valence-corrected chi connectivity index (χ3v) is 4.07. The average Bonchev–Trinajstić information content (AvgIpc) is 2.50. The maximum atomic E-state index is 12.7. The number of anilines is 1. The number of nitrogens with zero attached hydrogens (tertiary/aromatic N) is 2. The lowest BCUT2D eigenvalue weighted by atomic mass is 9.97. The molecule has 1 fully saturated rings. The summed E-state index contributed by atoms with van der Waals surface area (Å²) in [5, 5.41) is 9.02. The van der Waals surface area contributed by atoms with Crippen LogP contribution in [0.2, 0.25) is 0 Å². The van der Waals surface area contributed by atoms with Crippen molar-refractivity contribution < 1.29 is 14.7 Å². The third-order valence-electron chi connectivity index (χ3n) is 4.07. The second-order valence-electron chi connectivity index (χ2n) is 5.41. The lowest BCUT2D eigenvalue weighted by Gasteiger charge is -2.34. The highest BCUT2D eigenvalue weighted by atomic mass is 16.4. The Labute approximate surface area is 125 Å². The number of amides is 2. The molecule has 114 valence electrons. The van der Waals surface area contributed by atoms with Gasteiger partial charge in [0.15, 0.2) is 0 Å². The van der Waals surface area contributed by atoms with E-state index < -0.39 is 5.97 Å². The number of likely N-dealkylation sites (tertiary alicyclic amines) is 1. The Morgan fingerprint density at radius 1 is 1.29 bits per heavy atom. The smallest absolute Gasteiger partial charge is 0.324 e.